The summed E-state index contributed by atoms with van der Waals surface area (Å²) in [5.74, 6) is 0. The van der Waals surface area contributed by atoms with Gasteiger partial charge in [-0.1, -0.05) is 13.8 Å². The number of halogens is 1. The van der Waals surface area contributed by atoms with Gasteiger partial charge < -0.3 is 5.32 Å². The van der Waals surface area contributed by atoms with Crippen LogP contribution in [0.1, 0.15) is 26.0 Å². The molecule has 0 spiro atoms. The van der Waals surface area contributed by atoms with Crippen molar-refractivity contribution in [2.45, 2.75) is 38.2 Å². The van der Waals surface area contributed by atoms with Gasteiger partial charge >= 0.3 is 0 Å². The van der Waals surface area contributed by atoms with Gasteiger partial charge in [-0.05, 0) is 17.9 Å². The van der Waals surface area contributed by atoms with Crippen LogP contribution in [0.4, 0.5) is 0 Å². The van der Waals surface area contributed by atoms with Gasteiger partial charge in [0, 0.05) is 31.2 Å². The molecule has 84 valence electrons. The van der Waals surface area contributed by atoms with Crippen LogP contribution in [0.15, 0.2) is 12.3 Å². The van der Waals surface area contributed by atoms with Gasteiger partial charge in [0.05, 0.1) is 5.69 Å². The van der Waals surface area contributed by atoms with Crippen molar-refractivity contribution in [2.24, 2.45) is 12.5 Å². The summed E-state index contributed by atoms with van der Waals surface area (Å²) >= 11 is 6.16. The fourth-order valence-electron chi connectivity index (χ4n) is 2.00. The molecule has 0 radical (unpaired) electrons. The third-order valence-corrected chi connectivity index (χ3v) is 4.19. The summed E-state index contributed by atoms with van der Waals surface area (Å²) in [6.07, 6.45) is 3.02. The monoisotopic (exact) mass is 227 g/mol. The minimum atomic E-state index is 0.205. The van der Waals surface area contributed by atoms with E-state index in [0.29, 0.717) is 11.4 Å². The smallest absolute Gasteiger partial charge is 0.0762 e. The van der Waals surface area contributed by atoms with Crippen LogP contribution in [0, 0.1) is 5.41 Å². The predicted octanol–water partition coefficient (Wildman–Crippen LogP) is 1.92. The molecule has 1 N–H and O–H groups in total. The van der Waals surface area contributed by atoms with E-state index in [1.807, 2.05) is 24.0 Å². The van der Waals surface area contributed by atoms with Crippen molar-refractivity contribution >= 4 is 11.6 Å². The van der Waals surface area contributed by atoms with Crippen molar-refractivity contribution in [3.05, 3.63) is 18.0 Å². The summed E-state index contributed by atoms with van der Waals surface area (Å²) in [6, 6.07) is 2.55. The molecule has 0 bridgehead atoms. The Bertz CT molecular complexity index is 345. The van der Waals surface area contributed by atoms with Crippen LogP contribution in [0.5, 0.6) is 0 Å². The minimum Gasteiger partial charge on any atom is -0.308 e. The quantitative estimate of drug-likeness (QED) is 0.800. The molecule has 1 aromatic rings. The lowest BCUT2D eigenvalue weighted by atomic mass is 9.67. The molecule has 1 aromatic heterocycles. The highest BCUT2D eigenvalue weighted by atomic mass is 35.5. The molecular formula is C11H18ClN3. The summed E-state index contributed by atoms with van der Waals surface area (Å²) in [4.78, 5) is 0. The number of nitrogens with zero attached hydrogens (tertiary/aromatic N) is 2. The lowest BCUT2D eigenvalue weighted by Gasteiger charge is -2.49. The molecule has 0 saturated heterocycles. The Kier molecular flexibility index (Phi) is 2.77. The molecule has 3 nitrogen and oxygen atoms in total. The standard InChI is InChI=1S/C11H18ClN3/c1-11(2)9(12)6-10(11)13-7-8-4-5-15(3)14-8/h4-5,9-10,13H,6-7H2,1-3H3. The lowest BCUT2D eigenvalue weighted by molar-refractivity contribution is 0.115. The number of nitrogens with one attached hydrogen (secondary N) is 1. The van der Waals surface area contributed by atoms with Gasteiger partial charge in [-0.3, -0.25) is 4.68 Å². The van der Waals surface area contributed by atoms with E-state index >= 15 is 0 Å². The molecular weight excluding hydrogens is 210 g/mol. The van der Waals surface area contributed by atoms with Crippen LogP contribution in [-0.4, -0.2) is 21.2 Å². The summed E-state index contributed by atoms with van der Waals surface area (Å²) in [5, 5.41) is 8.14. The van der Waals surface area contributed by atoms with Crippen LogP contribution < -0.4 is 5.32 Å². The average Bonchev–Trinajstić information content (AvgIpc) is 2.58. The molecule has 1 heterocycles. The molecule has 1 aliphatic carbocycles. The van der Waals surface area contributed by atoms with Crippen LogP contribution >= 0.6 is 11.6 Å². The predicted molar refractivity (Wildman–Crippen MR) is 61.9 cm³/mol. The summed E-state index contributed by atoms with van der Waals surface area (Å²) in [5.41, 5.74) is 1.29. The van der Waals surface area contributed by atoms with Crippen molar-refractivity contribution in [3.8, 4) is 0 Å². The molecule has 4 heteroatoms. The van der Waals surface area contributed by atoms with Crippen molar-refractivity contribution < 1.29 is 0 Å². The number of alkyl halides is 1. The van der Waals surface area contributed by atoms with Crippen molar-refractivity contribution in [3.63, 3.8) is 0 Å². The SMILES string of the molecule is Cn1ccc(CNC2CC(Cl)C2(C)C)n1. The van der Waals surface area contributed by atoms with Crippen molar-refractivity contribution in [2.75, 3.05) is 0 Å². The van der Waals surface area contributed by atoms with Gasteiger partial charge in [0.2, 0.25) is 0 Å². The highest BCUT2D eigenvalue weighted by Crippen LogP contribution is 2.44. The fourth-order valence-corrected chi connectivity index (χ4v) is 2.33. The Hall–Kier alpha value is -0.540. The summed E-state index contributed by atoms with van der Waals surface area (Å²) < 4.78 is 1.83. The second kappa shape index (κ2) is 3.80. The van der Waals surface area contributed by atoms with E-state index in [2.05, 4.69) is 24.3 Å². The first-order chi connectivity index (χ1) is 7.00. The Morgan fingerprint density at radius 2 is 2.40 bits per heavy atom. The van der Waals surface area contributed by atoms with E-state index in [0.717, 1.165) is 18.7 Å². The van der Waals surface area contributed by atoms with Crippen LogP contribution in [0.2, 0.25) is 0 Å². The molecule has 2 unspecified atom stereocenters. The van der Waals surface area contributed by atoms with Crippen LogP contribution in [0.3, 0.4) is 0 Å². The zero-order valence-corrected chi connectivity index (χ0v) is 10.3. The molecule has 15 heavy (non-hydrogen) atoms. The maximum Gasteiger partial charge on any atom is 0.0762 e. The maximum absolute atomic E-state index is 6.16. The molecule has 0 amide bonds. The highest BCUT2D eigenvalue weighted by molar-refractivity contribution is 6.21. The second-order valence-electron chi connectivity index (χ2n) is 4.94. The van der Waals surface area contributed by atoms with E-state index in [9.17, 15) is 0 Å². The van der Waals surface area contributed by atoms with E-state index in [4.69, 9.17) is 11.6 Å². The number of hydrogen-bond acceptors (Lipinski definition) is 2. The second-order valence-corrected chi connectivity index (χ2v) is 5.47. The molecule has 2 rings (SSSR count). The first-order valence-electron chi connectivity index (χ1n) is 5.36. The van der Waals surface area contributed by atoms with Crippen molar-refractivity contribution in [1.29, 1.82) is 0 Å². The first kappa shape index (κ1) is 11.0. The van der Waals surface area contributed by atoms with E-state index in [1.165, 1.54) is 0 Å². The van der Waals surface area contributed by atoms with Gasteiger partial charge in [0.1, 0.15) is 0 Å². The number of aryl methyl sites for hydroxylation is 1. The Balaban J connectivity index is 1.85. The van der Waals surface area contributed by atoms with Crippen LogP contribution in [0.25, 0.3) is 0 Å². The van der Waals surface area contributed by atoms with E-state index in [1.54, 1.807) is 0 Å². The van der Waals surface area contributed by atoms with Gasteiger partial charge in [0.25, 0.3) is 0 Å². The average molecular weight is 228 g/mol. The number of hydrogen-bond donors (Lipinski definition) is 1. The largest absolute Gasteiger partial charge is 0.308 e. The highest BCUT2D eigenvalue weighted by Gasteiger charge is 2.46. The zero-order chi connectivity index (χ0) is 11.1. The maximum atomic E-state index is 6.16. The first-order valence-corrected chi connectivity index (χ1v) is 5.80. The molecule has 0 aromatic carbocycles. The fraction of sp³-hybridized carbons (Fsp3) is 0.727. The zero-order valence-electron chi connectivity index (χ0n) is 9.50. The number of aromatic nitrogens is 2. The topological polar surface area (TPSA) is 29.9 Å². The molecule has 1 fully saturated rings. The molecule has 0 aliphatic heterocycles. The van der Waals surface area contributed by atoms with Gasteiger partial charge in [-0.2, -0.15) is 5.10 Å². The van der Waals surface area contributed by atoms with Crippen LogP contribution in [-0.2, 0) is 13.6 Å². The molecule has 1 aliphatic rings. The van der Waals surface area contributed by atoms with Gasteiger partial charge in [-0.15, -0.1) is 11.6 Å². The van der Waals surface area contributed by atoms with Gasteiger partial charge in [-0.25, -0.2) is 0 Å². The summed E-state index contributed by atoms with van der Waals surface area (Å²) in [7, 11) is 1.94. The van der Waals surface area contributed by atoms with E-state index in [-0.39, 0.29) is 5.41 Å². The van der Waals surface area contributed by atoms with Gasteiger partial charge in [0.15, 0.2) is 0 Å². The Morgan fingerprint density at radius 3 is 2.87 bits per heavy atom. The third-order valence-electron chi connectivity index (χ3n) is 3.45. The summed E-state index contributed by atoms with van der Waals surface area (Å²) in [6.45, 7) is 5.26. The molecule has 1 saturated carbocycles. The minimum absolute atomic E-state index is 0.205. The lowest BCUT2D eigenvalue weighted by Crippen LogP contribution is -2.57. The van der Waals surface area contributed by atoms with Crippen molar-refractivity contribution in [1.82, 2.24) is 15.1 Å². The Labute approximate surface area is 95.8 Å². The Morgan fingerprint density at radius 1 is 1.67 bits per heavy atom. The normalized spacial score (nSPS) is 28.8. The third kappa shape index (κ3) is 2.04. The van der Waals surface area contributed by atoms with E-state index < -0.39 is 0 Å². The molecule has 2 atom stereocenters. The number of rotatable bonds is 3.